The summed E-state index contributed by atoms with van der Waals surface area (Å²) in [4.78, 5) is 2.50. The SMILES string of the molecule is Cl.N#CC1(CCCN2CCCC2)OCCc2ccccc21. The minimum atomic E-state index is -0.714. The molecule has 1 fully saturated rings. The number of nitrogens with zero attached hydrogens (tertiary/aromatic N) is 2. The van der Waals surface area contributed by atoms with E-state index in [4.69, 9.17) is 4.74 Å². The molecule has 0 aromatic heterocycles. The molecule has 0 radical (unpaired) electrons. The van der Waals surface area contributed by atoms with E-state index in [1.807, 2.05) is 6.07 Å². The third kappa shape index (κ3) is 3.40. The lowest BCUT2D eigenvalue weighted by Crippen LogP contribution is -2.35. The van der Waals surface area contributed by atoms with Gasteiger partial charge in [-0.05, 0) is 57.3 Å². The van der Waals surface area contributed by atoms with Crippen molar-refractivity contribution in [2.24, 2.45) is 0 Å². The number of benzene rings is 1. The number of likely N-dealkylation sites (tertiary alicyclic amines) is 1. The van der Waals surface area contributed by atoms with Gasteiger partial charge in [-0.25, -0.2) is 0 Å². The van der Waals surface area contributed by atoms with Gasteiger partial charge in [0.25, 0.3) is 0 Å². The number of ether oxygens (including phenoxy) is 1. The van der Waals surface area contributed by atoms with Crippen molar-refractivity contribution < 1.29 is 4.74 Å². The van der Waals surface area contributed by atoms with Crippen molar-refractivity contribution in [3.8, 4) is 6.07 Å². The van der Waals surface area contributed by atoms with Gasteiger partial charge in [-0.15, -0.1) is 12.4 Å². The summed E-state index contributed by atoms with van der Waals surface area (Å²) in [5, 5.41) is 9.69. The maximum atomic E-state index is 9.69. The van der Waals surface area contributed by atoms with E-state index in [1.54, 1.807) is 0 Å². The Bertz CT molecular complexity index is 508. The third-order valence-corrected chi connectivity index (χ3v) is 4.55. The fourth-order valence-corrected chi connectivity index (χ4v) is 3.46. The summed E-state index contributed by atoms with van der Waals surface area (Å²) in [7, 11) is 0. The van der Waals surface area contributed by atoms with Crippen LogP contribution in [0.25, 0.3) is 0 Å². The predicted octanol–water partition coefficient (Wildman–Crippen LogP) is 3.28. The summed E-state index contributed by atoms with van der Waals surface area (Å²) in [5.74, 6) is 0. The average molecular weight is 307 g/mol. The monoisotopic (exact) mass is 306 g/mol. The summed E-state index contributed by atoms with van der Waals surface area (Å²) < 4.78 is 5.93. The highest BCUT2D eigenvalue weighted by atomic mass is 35.5. The molecular weight excluding hydrogens is 284 g/mol. The molecule has 1 saturated heterocycles. The van der Waals surface area contributed by atoms with Crippen molar-refractivity contribution in [2.75, 3.05) is 26.2 Å². The molecule has 0 spiro atoms. The first-order chi connectivity index (χ1) is 9.84. The highest BCUT2D eigenvalue weighted by Crippen LogP contribution is 2.36. The zero-order valence-corrected chi connectivity index (χ0v) is 13.2. The van der Waals surface area contributed by atoms with Crippen molar-refractivity contribution in [1.29, 1.82) is 5.26 Å². The summed E-state index contributed by atoms with van der Waals surface area (Å²) >= 11 is 0. The van der Waals surface area contributed by atoms with Gasteiger partial charge in [0.2, 0.25) is 0 Å². The molecule has 0 bridgehead atoms. The number of hydrogen-bond acceptors (Lipinski definition) is 3. The fourth-order valence-electron chi connectivity index (χ4n) is 3.46. The highest BCUT2D eigenvalue weighted by molar-refractivity contribution is 5.85. The van der Waals surface area contributed by atoms with E-state index in [9.17, 15) is 5.26 Å². The van der Waals surface area contributed by atoms with Gasteiger partial charge in [0.15, 0.2) is 5.60 Å². The van der Waals surface area contributed by atoms with Crippen LogP contribution in [0.2, 0.25) is 0 Å². The topological polar surface area (TPSA) is 36.3 Å². The summed E-state index contributed by atoms with van der Waals surface area (Å²) in [5.41, 5.74) is 1.66. The third-order valence-electron chi connectivity index (χ3n) is 4.55. The Morgan fingerprint density at radius 1 is 1.24 bits per heavy atom. The lowest BCUT2D eigenvalue weighted by molar-refractivity contribution is -0.0248. The van der Waals surface area contributed by atoms with Crippen molar-refractivity contribution in [2.45, 2.75) is 37.7 Å². The molecule has 3 nitrogen and oxygen atoms in total. The van der Waals surface area contributed by atoms with Crippen LogP contribution in [0.4, 0.5) is 0 Å². The zero-order chi connectivity index (χ0) is 13.8. The Morgan fingerprint density at radius 3 is 2.76 bits per heavy atom. The second-order valence-electron chi connectivity index (χ2n) is 5.85. The number of nitriles is 1. The predicted molar refractivity (Wildman–Crippen MR) is 85.5 cm³/mol. The maximum absolute atomic E-state index is 9.69. The molecule has 2 aliphatic heterocycles. The van der Waals surface area contributed by atoms with Gasteiger partial charge in [0, 0.05) is 5.56 Å². The Morgan fingerprint density at radius 2 is 2.00 bits per heavy atom. The molecule has 4 heteroatoms. The van der Waals surface area contributed by atoms with Gasteiger partial charge < -0.3 is 9.64 Å². The molecule has 1 unspecified atom stereocenters. The number of halogens is 1. The molecule has 114 valence electrons. The van der Waals surface area contributed by atoms with E-state index < -0.39 is 5.60 Å². The molecular formula is C17H23ClN2O. The lowest BCUT2D eigenvalue weighted by atomic mass is 9.84. The van der Waals surface area contributed by atoms with E-state index in [0.717, 1.165) is 31.4 Å². The molecule has 0 amide bonds. The standard InChI is InChI=1S/C17H22N2O.ClH/c18-14-17(9-5-12-19-10-3-4-11-19)16-7-2-1-6-15(16)8-13-20-17;/h1-2,6-7H,3-5,8-13H2;1H. The van der Waals surface area contributed by atoms with Crippen LogP contribution in [0, 0.1) is 11.3 Å². The molecule has 0 N–H and O–H groups in total. The number of hydrogen-bond donors (Lipinski definition) is 0. The van der Waals surface area contributed by atoms with Gasteiger partial charge in [-0.1, -0.05) is 24.3 Å². The normalized spacial score (nSPS) is 24.9. The van der Waals surface area contributed by atoms with E-state index in [0.29, 0.717) is 6.61 Å². The molecule has 0 saturated carbocycles. The van der Waals surface area contributed by atoms with Crippen molar-refractivity contribution >= 4 is 12.4 Å². The van der Waals surface area contributed by atoms with Crippen LogP contribution in [-0.4, -0.2) is 31.1 Å². The van der Waals surface area contributed by atoms with Crippen LogP contribution in [-0.2, 0) is 16.8 Å². The molecule has 0 aliphatic carbocycles. The largest absolute Gasteiger partial charge is 0.356 e. The summed E-state index contributed by atoms with van der Waals surface area (Å²) in [6.07, 6.45) is 5.40. The van der Waals surface area contributed by atoms with Gasteiger partial charge >= 0.3 is 0 Å². The minimum Gasteiger partial charge on any atom is -0.356 e. The van der Waals surface area contributed by atoms with Gasteiger partial charge in [-0.3, -0.25) is 0 Å². The van der Waals surface area contributed by atoms with E-state index in [1.165, 1.54) is 31.5 Å². The van der Waals surface area contributed by atoms with Crippen LogP contribution in [0.3, 0.4) is 0 Å². The zero-order valence-electron chi connectivity index (χ0n) is 12.4. The smallest absolute Gasteiger partial charge is 0.179 e. The molecule has 2 heterocycles. The molecule has 1 aromatic carbocycles. The first-order valence-electron chi connectivity index (χ1n) is 7.70. The second kappa shape index (κ2) is 7.26. The van der Waals surface area contributed by atoms with E-state index in [2.05, 4.69) is 29.2 Å². The van der Waals surface area contributed by atoms with Crippen LogP contribution in [0.15, 0.2) is 24.3 Å². The Labute approximate surface area is 133 Å². The molecule has 21 heavy (non-hydrogen) atoms. The number of rotatable bonds is 4. The Hall–Kier alpha value is -1.08. The molecule has 1 aromatic rings. The Balaban J connectivity index is 0.00000161. The quantitative estimate of drug-likeness (QED) is 0.856. The second-order valence-corrected chi connectivity index (χ2v) is 5.85. The van der Waals surface area contributed by atoms with Crippen molar-refractivity contribution in [3.05, 3.63) is 35.4 Å². The average Bonchev–Trinajstić information content (AvgIpc) is 3.01. The lowest BCUT2D eigenvalue weighted by Gasteiger charge is -2.34. The van der Waals surface area contributed by atoms with Crippen molar-refractivity contribution in [3.63, 3.8) is 0 Å². The minimum absolute atomic E-state index is 0. The highest BCUT2D eigenvalue weighted by Gasteiger charge is 2.37. The van der Waals surface area contributed by atoms with Gasteiger partial charge in [0.1, 0.15) is 6.07 Å². The number of fused-ring (bicyclic) bond motifs is 1. The summed E-state index contributed by atoms with van der Waals surface area (Å²) in [6, 6.07) is 10.7. The van der Waals surface area contributed by atoms with Crippen LogP contribution in [0.1, 0.15) is 36.8 Å². The van der Waals surface area contributed by atoms with Crippen LogP contribution < -0.4 is 0 Å². The first kappa shape index (κ1) is 16.3. The van der Waals surface area contributed by atoms with Gasteiger partial charge in [0.05, 0.1) is 6.61 Å². The maximum Gasteiger partial charge on any atom is 0.179 e. The Kier molecular flexibility index (Phi) is 5.64. The molecule has 2 aliphatic rings. The van der Waals surface area contributed by atoms with Gasteiger partial charge in [-0.2, -0.15) is 5.26 Å². The molecule has 3 rings (SSSR count). The van der Waals surface area contributed by atoms with E-state index >= 15 is 0 Å². The fraction of sp³-hybridized carbons (Fsp3) is 0.588. The van der Waals surface area contributed by atoms with Crippen LogP contribution >= 0.6 is 12.4 Å². The van der Waals surface area contributed by atoms with E-state index in [-0.39, 0.29) is 12.4 Å². The first-order valence-corrected chi connectivity index (χ1v) is 7.70. The van der Waals surface area contributed by atoms with Crippen LogP contribution in [0.5, 0.6) is 0 Å². The van der Waals surface area contributed by atoms with Crippen molar-refractivity contribution in [1.82, 2.24) is 4.90 Å². The summed E-state index contributed by atoms with van der Waals surface area (Å²) in [6.45, 7) is 4.19. The molecule has 1 atom stereocenters.